The van der Waals surface area contributed by atoms with Gasteiger partial charge in [0.25, 0.3) is 0 Å². The molecule has 0 saturated heterocycles. The first-order valence-electron chi connectivity index (χ1n) is 7.29. The van der Waals surface area contributed by atoms with E-state index in [1.807, 2.05) is 36.5 Å². The highest BCUT2D eigenvalue weighted by Gasteiger charge is 2.10. The number of nitrogens with two attached hydrogens (primary N) is 1. The Hall–Kier alpha value is -2.14. The number of rotatable bonds is 7. The first-order valence-corrected chi connectivity index (χ1v) is 7.29. The Bertz CT molecular complexity index is 565. The molecule has 3 N–H and O–H groups in total. The Morgan fingerprint density at radius 1 is 1.38 bits per heavy atom. The molecule has 112 valence electrons. The molecule has 2 aromatic rings. The maximum Gasteiger partial charge on any atom is 0.226 e. The third kappa shape index (κ3) is 5.04. The molecule has 0 radical (unpaired) electrons. The molecule has 5 heteroatoms. The van der Waals surface area contributed by atoms with Crippen molar-refractivity contribution in [3.63, 3.8) is 0 Å². The summed E-state index contributed by atoms with van der Waals surface area (Å²) in [7, 11) is 0. The van der Waals surface area contributed by atoms with Crippen molar-refractivity contribution in [1.82, 2.24) is 9.78 Å². The summed E-state index contributed by atoms with van der Waals surface area (Å²) in [5.74, 6) is -0.0600. The van der Waals surface area contributed by atoms with Gasteiger partial charge in [0.1, 0.15) is 0 Å². The maximum absolute atomic E-state index is 11.8. The minimum Gasteiger partial charge on any atom is -0.327 e. The molecule has 1 aromatic carbocycles. The number of amides is 1. The van der Waals surface area contributed by atoms with Crippen LogP contribution in [0.15, 0.2) is 42.7 Å². The Labute approximate surface area is 125 Å². The average Bonchev–Trinajstić information content (AvgIpc) is 2.87. The molecule has 1 amide bonds. The van der Waals surface area contributed by atoms with Crippen molar-refractivity contribution in [3.8, 4) is 0 Å². The van der Waals surface area contributed by atoms with Gasteiger partial charge in [0.05, 0.1) is 18.4 Å². The second-order valence-corrected chi connectivity index (χ2v) is 5.21. The van der Waals surface area contributed by atoms with Crippen LogP contribution in [0, 0.1) is 0 Å². The highest BCUT2D eigenvalue weighted by Crippen LogP contribution is 2.09. The van der Waals surface area contributed by atoms with E-state index in [4.69, 9.17) is 5.73 Å². The van der Waals surface area contributed by atoms with Crippen LogP contribution in [-0.4, -0.2) is 21.7 Å². The lowest BCUT2D eigenvalue weighted by molar-refractivity contribution is -0.116. The fraction of sp³-hybridized carbons (Fsp3) is 0.375. The van der Waals surface area contributed by atoms with E-state index < -0.39 is 0 Å². The largest absolute Gasteiger partial charge is 0.327 e. The SMILES string of the molecule is CCCC(N)CC(=O)Nc1cnn(Cc2ccccc2)c1. The summed E-state index contributed by atoms with van der Waals surface area (Å²) in [6.45, 7) is 2.75. The molecule has 0 saturated carbocycles. The Balaban J connectivity index is 1.87. The molecule has 1 heterocycles. The number of nitrogens with one attached hydrogen (secondary N) is 1. The third-order valence-corrected chi connectivity index (χ3v) is 3.21. The van der Waals surface area contributed by atoms with Gasteiger partial charge in [0.15, 0.2) is 0 Å². The molecule has 0 spiro atoms. The minimum atomic E-state index is -0.0747. The first-order chi connectivity index (χ1) is 10.2. The van der Waals surface area contributed by atoms with Gasteiger partial charge < -0.3 is 11.1 Å². The van der Waals surface area contributed by atoms with E-state index in [9.17, 15) is 4.79 Å². The second-order valence-electron chi connectivity index (χ2n) is 5.21. The van der Waals surface area contributed by atoms with Crippen LogP contribution >= 0.6 is 0 Å². The lowest BCUT2D eigenvalue weighted by Gasteiger charge is -2.09. The van der Waals surface area contributed by atoms with Crippen molar-refractivity contribution in [3.05, 3.63) is 48.3 Å². The maximum atomic E-state index is 11.8. The van der Waals surface area contributed by atoms with Crippen molar-refractivity contribution >= 4 is 11.6 Å². The molecule has 0 aliphatic rings. The van der Waals surface area contributed by atoms with E-state index >= 15 is 0 Å². The fourth-order valence-electron chi connectivity index (χ4n) is 2.21. The monoisotopic (exact) mass is 286 g/mol. The quantitative estimate of drug-likeness (QED) is 0.820. The van der Waals surface area contributed by atoms with E-state index in [2.05, 4.69) is 17.3 Å². The van der Waals surface area contributed by atoms with Crippen molar-refractivity contribution in [1.29, 1.82) is 0 Å². The van der Waals surface area contributed by atoms with Crippen molar-refractivity contribution < 1.29 is 4.79 Å². The fourth-order valence-corrected chi connectivity index (χ4v) is 2.21. The van der Waals surface area contributed by atoms with Crippen molar-refractivity contribution in [2.45, 2.75) is 38.8 Å². The zero-order valence-corrected chi connectivity index (χ0v) is 12.3. The zero-order chi connectivity index (χ0) is 15.1. The summed E-state index contributed by atoms with van der Waals surface area (Å²) in [5, 5.41) is 7.09. The topological polar surface area (TPSA) is 72.9 Å². The summed E-state index contributed by atoms with van der Waals surface area (Å²) >= 11 is 0. The van der Waals surface area contributed by atoms with Gasteiger partial charge in [0, 0.05) is 18.7 Å². The van der Waals surface area contributed by atoms with Crippen LogP contribution in [0.25, 0.3) is 0 Å². The van der Waals surface area contributed by atoms with Gasteiger partial charge in [-0.1, -0.05) is 43.7 Å². The lowest BCUT2D eigenvalue weighted by Crippen LogP contribution is -2.26. The third-order valence-electron chi connectivity index (χ3n) is 3.21. The van der Waals surface area contributed by atoms with Crippen LogP contribution < -0.4 is 11.1 Å². The Kier molecular flexibility index (Phi) is 5.51. The Morgan fingerprint density at radius 2 is 2.14 bits per heavy atom. The first kappa shape index (κ1) is 15.3. The highest BCUT2D eigenvalue weighted by atomic mass is 16.1. The van der Waals surface area contributed by atoms with E-state index in [-0.39, 0.29) is 11.9 Å². The van der Waals surface area contributed by atoms with Crippen LogP contribution in [0.5, 0.6) is 0 Å². The number of hydrogen-bond donors (Lipinski definition) is 2. The smallest absolute Gasteiger partial charge is 0.226 e. The predicted molar refractivity (Wildman–Crippen MR) is 83.9 cm³/mol. The Morgan fingerprint density at radius 3 is 2.86 bits per heavy atom. The molecule has 0 bridgehead atoms. The van der Waals surface area contributed by atoms with E-state index in [1.54, 1.807) is 10.9 Å². The molecule has 0 fully saturated rings. The van der Waals surface area contributed by atoms with E-state index in [1.165, 1.54) is 5.56 Å². The van der Waals surface area contributed by atoms with Crippen LogP contribution in [0.3, 0.4) is 0 Å². The van der Waals surface area contributed by atoms with Crippen LogP contribution in [0.4, 0.5) is 5.69 Å². The molecule has 1 aromatic heterocycles. The van der Waals surface area contributed by atoms with Crippen LogP contribution in [0.1, 0.15) is 31.7 Å². The number of nitrogens with zero attached hydrogens (tertiary/aromatic N) is 2. The van der Waals surface area contributed by atoms with Crippen LogP contribution in [0.2, 0.25) is 0 Å². The van der Waals surface area contributed by atoms with E-state index in [0.29, 0.717) is 18.7 Å². The highest BCUT2D eigenvalue weighted by molar-refractivity contribution is 5.90. The number of anilines is 1. The number of carbonyl (C=O) groups excluding carboxylic acids is 1. The number of hydrogen-bond acceptors (Lipinski definition) is 3. The normalized spacial score (nSPS) is 12.1. The second kappa shape index (κ2) is 7.59. The molecule has 2 rings (SSSR count). The molecule has 0 aliphatic carbocycles. The number of carbonyl (C=O) groups is 1. The summed E-state index contributed by atoms with van der Waals surface area (Å²) < 4.78 is 1.80. The molecular formula is C16H22N4O. The molecule has 5 nitrogen and oxygen atoms in total. The molecule has 1 unspecified atom stereocenters. The summed E-state index contributed by atoms with van der Waals surface area (Å²) in [6, 6.07) is 9.99. The van der Waals surface area contributed by atoms with Gasteiger partial charge in [-0.15, -0.1) is 0 Å². The lowest BCUT2D eigenvalue weighted by atomic mass is 10.1. The minimum absolute atomic E-state index is 0.0600. The standard InChI is InChI=1S/C16H22N4O/c1-2-6-14(17)9-16(21)19-15-10-18-20(12-15)11-13-7-4-3-5-8-13/h3-5,7-8,10,12,14H,2,6,9,11,17H2,1H3,(H,19,21). The van der Waals surface area contributed by atoms with E-state index in [0.717, 1.165) is 12.8 Å². The molecule has 0 aliphatic heterocycles. The summed E-state index contributed by atoms with van der Waals surface area (Å²) in [4.78, 5) is 11.8. The van der Waals surface area contributed by atoms with Gasteiger partial charge >= 0.3 is 0 Å². The average molecular weight is 286 g/mol. The summed E-state index contributed by atoms with van der Waals surface area (Å²) in [6.07, 6.45) is 5.68. The van der Waals surface area contributed by atoms with Gasteiger partial charge in [-0.05, 0) is 12.0 Å². The molecule has 21 heavy (non-hydrogen) atoms. The van der Waals surface area contributed by atoms with Gasteiger partial charge in [-0.3, -0.25) is 9.48 Å². The molecular weight excluding hydrogens is 264 g/mol. The predicted octanol–water partition coefficient (Wildman–Crippen LogP) is 2.39. The zero-order valence-electron chi connectivity index (χ0n) is 12.3. The molecule has 1 atom stereocenters. The number of benzene rings is 1. The van der Waals surface area contributed by atoms with Gasteiger partial charge in [-0.25, -0.2) is 0 Å². The van der Waals surface area contributed by atoms with Crippen molar-refractivity contribution in [2.75, 3.05) is 5.32 Å². The van der Waals surface area contributed by atoms with Gasteiger partial charge in [-0.2, -0.15) is 5.10 Å². The number of aromatic nitrogens is 2. The summed E-state index contributed by atoms with van der Waals surface area (Å²) in [5.41, 5.74) is 7.74. The van der Waals surface area contributed by atoms with Crippen molar-refractivity contribution in [2.24, 2.45) is 5.73 Å². The van der Waals surface area contributed by atoms with Gasteiger partial charge in [0.2, 0.25) is 5.91 Å². The van der Waals surface area contributed by atoms with Crippen LogP contribution in [-0.2, 0) is 11.3 Å².